The first-order valence-electron chi connectivity index (χ1n) is 11.6. The van der Waals surface area contributed by atoms with E-state index in [1.807, 2.05) is 58.3 Å². The lowest BCUT2D eigenvalue weighted by Crippen LogP contribution is -2.50. The van der Waals surface area contributed by atoms with E-state index >= 15 is 0 Å². The summed E-state index contributed by atoms with van der Waals surface area (Å²) >= 11 is 0. The number of carbonyl (C=O) groups excluding carboxylic acids is 3. The van der Waals surface area contributed by atoms with Gasteiger partial charge in [0.1, 0.15) is 0 Å². The monoisotopic (exact) mass is 450 g/mol. The van der Waals surface area contributed by atoms with Crippen LogP contribution in [0, 0.1) is 0 Å². The van der Waals surface area contributed by atoms with Crippen molar-refractivity contribution in [1.29, 1.82) is 0 Å². The molecule has 0 aliphatic carbocycles. The third-order valence-electron chi connectivity index (χ3n) is 6.19. The highest BCUT2D eigenvalue weighted by molar-refractivity contribution is 5.94. The average Bonchev–Trinajstić information content (AvgIpc) is 3.33. The van der Waals surface area contributed by atoms with E-state index in [-0.39, 0.29) is 36.3 Å². The van der Waals surface area contributed by atoms with Crippen LogP contribution in [-0.4, -0.2) is 72.8 Å². The van der Waals surface area contributed by atoms with Gasteiger partial charge in [0.05, 0.1) is 12.6 Å². The summed E-state index contributed by atoms with van der Waals surface area (Å²) in [5.74, 6) is -0.336. The molecule has 2 N–H and O–H groups in total. The van der Waals surface area contributed by atoms with E-state index in [0.717, 1.165) is 19.3 Å². The van der Waals surface area contributed by atoms with Crippen molar-refractivity contribution in [1.82, 2.24) is 20.4 Å². The first kappa shape index (κ1) is 24.5. The minimum Gasteiger partial charge on any atom is -0.346 e. The van der Waals surface area contributed by atoms with Gasteiger partial charge in [-0.2, -0.15) is 0 Å². The maximum absolute atomic E-state index is 13.3. The molecule has 0 aromatic heterocycles. The number of hydrogen-bond acceptors (Lipinski definition) is 4. The minimum atomic E-state index is -0.357. The minimum absolute atomic E-state index is 0.0259. The lowest BCUT2D eigenvalue weighted by Gasteiger charge is -2.31. The van der Waals surface area contributed by atoms with Gasteiger partial charge in [0.15, 0.2) is 0 Å². The Morgan fingerprint density at radius 1 is 1.06 bits per heavy atom. The molecule has 7 heteroatoms. The van der Waals surface area contributed by atoms with Gasteiger partial charge in [-0.1, -0.05) is 48.5 Å². The van der Waals surface area contributed by atoms with E-state index < -0.39 is 0 Å². The zero-order valence-electron chi connectivity index (χ0n) is 19.5. The molecule has 176 valence electrons. The van der Waals surface area contributed by atoms with Crippen molar-refractivity contribution in [2.45, 2.75) is 38.3 Å². The van der Waals surface area contributed by atoms with Gasteiger partial charge in [0.2, 0.25) is 11.8 Å². The van der Waals surface area contributed by atoms with Crippen LogP contribution in [0.1, 0.15) is 35.7 Å². The second kappa shape index (κ2) is 12.2. The summed E-state index contributed by atoms with van der Waals surface area (Å²) in [6, 6.07) is 19.0. The molecule has 0 saturated carbocycles. The molecule has 1 aliphatic rings. The molecule has 0 spiro atoms. The van der Waals surface area contributed by atoms with E-state index in [9.17, 15) is 14.4 Å². The van der Waals surface area contributed by atoms with E-state index in [4.69, 9.17) is 0 Å². The van der Waals surface area contributed by atoms with Crippen molar-refractivity contribution in [3.63, 3.8) is 0 Å². The third-order valence-corrected chi connectivity index (χ3v) is 6.19. The Morgan fingerprint density at radius 2 is 1.73 bits per heavy atom. The van der Waals surface area contributed by atoms with Gasteiger partial charge in [0, 0.05) is 31.2 Å². The first-order valence-corrected chi connectivity index (χ1v) is 11.6. The van der Waals surface area contributed by atoms with Gasteiger partial charge in [0.25, 0.3) is 5.91 Å². The van der Waals surface area contributed by atoms with Crippen molar-refractivity contribution in [3.05, 3.63) is 71.8 Å². The van der Waals surface area contributed by atoms with Crippen LogP contribution in [0.2, 0.25) is 0 Å². The molecule has 3 amide bonds. The lowest BCUT2D eigenvalue weighted by molar-refractivity contribution is -0.134. The zero-order chi connectivity index (χ0) is 23.6. The van der Waals surface area contributed by atoms with Crippen molar-refractivity contribution < 1.29 is 14.4 Å². The molecule has 1 aliphatic heterocycles. The standard InChI is InChI=1S/C26H34N4O3/c1-20(27-2)25(32)28-18-24(31)30-16-9-14-23(30)19-29(17-15-21-10-5-3-6-11-21)26(33)22-12-7-4-8-13-22/h3-8,10-13,20,23,27H,9,14-19H2,1-2H3,(H,28,32)/t20-,23-/m0/s1. The lowest BCUT2D eigenvalue weighted by atomic mass is 10.1. The van der Waals surface area contributed by atoms with Crippen LogP contribution < -0.4 is 10.6 Å². The molecule has 1 saturated heterocycles. The van der Waals surface area contributed by atoms with Gasteiger partial charge in [-0.3, -0.25) is 14.4 Å². The number of benzene rings is 2. The summed E-state index contributed by atoms with van der Waals surface area (Å²) in [6.07, 6.45) is 2.48. The molecule has 0 unspecified atom stereocenters. The topological polar surface area (TPSA) is 81.8 Å². The van der Waals surface area contributed by atoms with Gasteiger partial charge < -0.3 is 20.4 Å². The van der Waals surface area contributed by atoms with Crippen LogP contribution >= 0.6 is 0 Å². The molecule has 2 aromatic rings. The molecule has 3 rings (SSSR count). The van der Waals surface area contributed by atoms with Crippen molar-refractivity contribution in [3.8, 4) is 0 Å². The SMILES string of the molecule is CN[C@@H](C)C(=O)NCC(=O)N1CCC[C@H]1CN(CCc1ccccc1)C(=O)c1ccccc1. The predicted molar refractivity (Wildman–Crippen MR) is 129 cm³/mol. The van der Waals surface area contributed by atoms with Crippen LogP contribution in [0.3, 0.4) is 0 Å². The van der Waals surface area contributed by atoms with Crippen LogP contribution in [0.25, 0.3) is 0 Å². The highest BCUT2D eigenvalue weighted by Gasteiger charge is 2.31. The first-order chi connectivity index (χ1) is 16.0. The van der Waals surface area contributed by atoms with Crippen LogP contribution in [0.15, 0.2) is 60.7 Å². The third kappa shape index (κ3) is 6.89. The van der Waals surface area contributed by atoms with E-state index in [2.05, 4.69) is 22.8 Å². The number of nitrogens with one attached hydrogen (secondary N) is 2. The second-order valence-electron chi connectivity index (χ2n) is 8.46. The quantitative estimate of drug-likeness (QED) is 0.581. The Labute approximate surface area is 196 Å². The number of rotatable bonds is 10. The summed E-state index contributed by atoms with van der Waals surface area (Å²) in [5.41, 5.74) is 1.82. The molecule has 0 radical (unpaired) electrons. The van der Waals surface area contributed by atoms with E-state index in [1.54, 1.807) is 14.0 Å². The Kier molecular flexibility index (Phi) is 9.01. The molecule has 1 heterocycles. The summed E-state index contributed by atoms with van der Waals surface area (Å²) < 4.78 is 0. The fraction of sp³-hybridized carbons (Fsp3) is 0.423. The maximum Gasteiger partial charge on any atom is 0.253 e. The highest BCUT2D eigenvalue weighted by atomic mass is 16.2. The number of likely N-dealkylation sites (N-methyl/N-ethyl adjacent to an activating group) is 1. The molecule has 7 nitrogen and oxygen atoms in total. The smallest absolute Gasteiger partial charge is 0.253 e. The number of likely N-dealkylation sites (tertiary alicyclic amines) is 1. The molecule has 2 aromatic carbocycles. The molecule has 33 heavy (non-hydrogen) atoms. The average molecular weight is 451 g/mol. The summed E-state index contributed by atoms with van der Waals surface area (Å²) in [5, 5.41) is 5.57. The number of nitrogens with zero attached hydrogens (tertiary/aromatic N) is 2. The van der Waals surface area contributed by atoms with Gasteiger partial charge in [-0.05, 0) is 50.9 Å². The summed E-state index contributed by atoms with van der Waals surface area (Å²) in [6.45, 7) is 3.42. The normalized spacial score (nSPS) is 16.3. The predicted octanol–water partition coefficient (Wildman–Crippen LogP) is 2.09. The second-order valence-corrected chi connectivity index (χ2v) is 8.46. The van der Waals surface area contributed by atoms with E-state index in [1.165, 1.54) is 5.56 Å². The number of amides is 3. The van der Waals surface area contributed by atoms with Crippen molar-refractivity contribution in [2.75, 3.05) is 33.2 Å². The van der Waals surface area contributed by atoms with E-state index in [0.29, 0.717) is 25.2 Å². The molecule has 2 atom stereocenters. The number of hydrogen-bond donors (Lipinski definition) is 2. The highest BCUT2D eigenvalue weighted by Crippen LogP contribution is 2.20. The Hall–Kier alpha value is -3.19. The number of carbonyl (C=O) groups is 3. The summed E-state index contributed by atoms with van der Waals surface area (Å²) in [4.78, 5) is 41.9. The molecular weight excluding hydrogens is 416 g/mol. The largest absolute Gasteiger partial charge is 0.346 e. The fourth-order valence-corrected chi connectivity index (χ4v) is 4.10. The van der Waals surface area contributed by atoms with Gasteiger partial charge in [-0.25, -0.2) is 0 Å². The molecule has 0 bridgehead atoms. The van der Waals surface area contributed by atoms with Gasteiger partial charge in [-0.15, -0.1) is 0 Å². The zero-order valence-corrected chi connectivity index (χ0v) is 19.5. The van der Waals surface area contributed by atoms with Crippen LogP contribution in [0.4, 0.5) is 0 Å². The summed E-state index contributed by atoms with van der Waals surface area (Å²) in [7, 11) is 1.70. The van der Waals surface area contributed by atoms with Crippen molar-refractivity contribution >= 4 is 17.7 Å². The maximum atomic E-state index is 13.3. The van der Waals surface area contributed by atoms with Gasteiger partial charge >= 0.3 is 0 Å². The Morgan fingerprint density at radius 3 is 2.39 bits per heavy atom. The molecule has 1 fully saturated rings. The Bertz CT molecular complexity index is 920. The van der Waals surface area contributed by atoms with Crippen molar-refractivity contribution in [2.24, 2.45) is 0 Å². The Balaban J connectivity index is 1.67. The van der Waals surface area contributed by atoms with Crippen LogP contribution in [0.5, 0.6) is 0 Å². The fourth-order valence-electron chi connectivity index (χ4n) is 4.10. The van der Waals surface area contributed by atoms with Crippen LogP contribution in [-0.2, 0) is 16.0 Å². The molecular formula is C26H34N4O3.